The van der Waals surface area contributed by atoms with Gasteiger partial charge in [-0.05, 0) is 32.9 Å². The van der Waals surface area contributed by atoms with Crippen LogP contribution in [0.15, 0.2) is 4.99 Å². The van der Waals surface area contributed by atoms with E-state index in [0.717, 1.165) is 19.6 Å². The van der Waals surface area contributed by atoms with Crippen molar-refractivity contribution in [1.82, 2.24) is 15.5 Å². The van der Waals surface area contributed by atoms with Crippen LogP contribution >= 0.6 is 0 Å². The Morgan fingerprint density at radius 2 is 1.76 bits per heavy atom. The largest absolute Gasteiger partial charge is 0.390 e. The van der Waals surface area contributed by atoms with Gasteiger partial charge in [-0.25, -0.2) is 0 Å². The second-order valence-corrected chi connectivity index (χ2v) is 5.31. The van der Waals surface area contributed by atoms with Crippen LogP contribution in [0.2, 0.25) is 0 Å². The van der Waals surface area contributed by atoms with E-state index in [1.807, 2.05) is 6.92 Å². The van der Waals surface area contributed by atoms with Gasteiger partial charge in [-0.2, -0.15) is 13.2 Å². The van der Waals surface area contributed by atoms with Crippen LogP contribution in [-0.2, 0) is 0 Å². The average Bonchev–Trinajstić information content (AvgIpc) is 2.66. The number of likely N-dealkylation sites (tertiary alicyclic amines) is 1. The van der Waals surface area contributed by atoms with Crippen molar-refractivity contribution >= 4 is 5.96 Å². The number of hydrogen-bond donors (Lipinski definition) is 2. The molecule has 0 aromatic rings. The monoisotopic (exact) mass is 308 g/mol. The van der Waals surface area contributed by atoms with Gasteiger partial charge < -0.3 is 15.5 Å². The molecule has 0 atom stereocenters. The van der Waals surface area contributed by atoms with E-state index in [9.17, 15) is 13.2 Å². The first-order chi connectivity index (χ1) is 10.0. The van der Waals surface area contributed by atoms with E-state index in [2.05, 4.69) is 20.5 Å². The van der Waals surface area contributed by atoms with Crippen LogP contribution in [0.25, 0.3) is 0 Å². The van der Waals surface area contributed by atoms with Crippen LogP contribution in [0.5, 0.6) is 0 Å². The molecule has 124 valence electrons. The topological polar surface area (TPSA) is 39.7 Å². The highest BCUT2D eigenvalue weighted by molar-refractivity contribution is 5.79. The number of halogens is 3. The van der Waals surface area contributed by atoms with E-state index in [1.54, 1.807) is 0 Å². The summed E-state index contributed by atoms with van der Waals surface area (Å²) in [5.41, 5.74) is 0. The third-order valence-corrected chi connectivity index (χ3v) is 3.43. The molecule has 7 heteroatoms. The lowest BCUT2D eigenvalue weighted by Gasteiger charge is -2.20. The van der Waals surface area contributed by atoms with Crippen LogP contribution in [-0.4, -0.2) is 56.3 Å². The average molecular weight is 308 g/mol. The van der Waals surface area contributed by atoms with Crippen LogP contribution in [0.4, 0.5) is 13.2 Å². The fourth-order valence-electron chi connectivity index (χ4n) is 2.33. The normalized spacial score (nSPS) is 18.4. The summed E-state index contributed by atoms with van der Waals surface area (Å²) in [4.78, 5) is 6.36. The molecule has 1 aliphatic heterocycles. The molecule has 2 N–H and O–H groups in total. The molecule has 4 nitrogen and oxygen atoms in total. The van der Waals surface area contributed by atoms with Gasteiger partial charge in [-0.1, -0.05) is 12.8 Å². The smallest absolute Gasteiger partial charge is 0.357 e. The number of aliphatic imine (C=N–C) groups is 1. The molecule has 0 bridgehead atoms. The van der Waals surface area contributed by atoms with Crippen molar-refractivity contribution in [2.45, 2.75) is 45.2 Å². The van der Waals surface area contributed by atoms with Gasteiger partial charge in [0, 0.05) is 19.6 Å². The molecule has 1 heterocycles. The van der Waals surface area contributed by atoms with Crippen LogP contribution in [0.3, 0.4) is 0 Å². The number of alkyl halides is 3. The second kappa shape index (κ2) is 9.87. The zero-order valence-corrected chi connectivity index (χ0v) is 12.8. The molecule has 0 radical (unpaired) electrons. The molecule has 1 rings (SSSR count). The third kappa shape index (κ3) is 9.55. The fourth-order valence-corrected chi connectivity index (χ4v) is 2.33. The molecule has 0 aliphatic carbocycles. The minimum atomic E-state index is -4.15. The van der Waals surface area contributed by atoms with Gasteiger partial charge in [0.2, 0.25) is 0 Å². The Labute approximate surface area is 125 Å². The minimum Gasteiger partial charge on any atom is -0.357 e. The SMILES string of the molecule is CCNC(=NCCC(F)(F)F)NCCN1CCCCCC1. The maximum absolute atomic E-state index is 12.1. The van der Waals surface area contributed by atoms with Crippen molar-refractivity contribution in [3.63, 3.8) is 0 Å². The lowest BCUT2D eigenvalue weighted by atomic mass is 10.2. The van der Waals surface area contributed by atoms with Gasteiger partial charge in [-0.3, -0.25) is 4.99 Å². The quantitative estimate of drug-likeness (QED) is 0.584. The molecular formula is C14H27F3N4. The van der Waals surface area contributed by atoms with Crippen molar-refractivity contribution in [2.24, 2.45) is 4.99 Å². The lowest BCUT2D eigenvalue weighted by Crippen LogP contribution is -2.42. The minimum absolute atomic E-state index is 0.234. The summed E-state index contributed by atoms with van der Waals surface area (Å²) in [5.74, 6) is 0.469. The van der Waals surface area contributed by atoms with Gasteiger partial charge in [0.05, 0.1) is 13.0 Å². The Bertz CT molecular complexity index is 297. The Hall–Kier alpha value is -0.980. The Kier molecular flexibility index (Phi) is 8.49. The predicted octanol–water partition coefficient (Wildman–Crippen LogP) is 2.37. The van der Waals surface area contributed by atoms with Crippen molar-refractivity contribution in [2.75, 3.05) is 39.3 Å². The van der Waals surface area contributed by atoms with E-state index in [1.165, 1.54) is 25.7 Å². The first kappa shape index (κ1) is 18.1. The standard InChI is InChI=1S/C14H27F3N4/c1-2-18-13(19-8-7-14(15,16)17)20-9-12-21-10-5-3-4-6-11-21/h2-12H2,1H3,(H2,18,19,20). The number of nitrogens with one attached hydrogen (secondary N) is 2. The van der Waals surface area contributed by atoms with Crippen LogP contribution in [0.1, 0.15) is 39.0 Å². The van der Waals surface area contributed by atoms with Gasteiger partial charge >= 0.3 is 6.18 Å². The fraction of sp³-hybridized carbons (Fsp3) is 0.929. The molecule has 1 aliphatic rings. The molecule has 0 saturated carbocycles. The van der Waals surface area contributed by atoms with E-state index < -0.39 is 12.6 Å². The van der Waals surface area contributed by atoms with Gasteiger partial charge in [0.25, 0.3) is 0 Å². The summed E-state index contributed by atoms with van der Waals surface area (Å²) in [6.07, 6.45) is 0.0407. The number of hydrogen-bond acceptors (Lipinski definition) is 2. The first-order valence-corrected chi connectivity index (χ1v) is 7.82. The van der Waals surface area contributed by atoms with E-state index >= 15 is 0 Å². The summed E-state index contributed by atoms with van der Waals surface area (Å²) in [7, 11) is 0. The molecule has 0 unspecified atom stereocenters. The Balaban J connectivity index is 2.27. The highest BCUT2D eigenvalue weighted by Crippen LogP contribution is 2.18. The summed E-state index contributed by atoms with van der Waals surface area (Å²) >= 11 is 0. The molecule has 21 heavy (non-hydrogen) atoms. The molecule has 0 aromatic heterocycles. The molecule has 0 spiro atoms. The highest BCUT2D eigenvalue weighted by atomic mass is 19.4. The summed E-state index contributed by atoms with van der Waals surface area (Å²) in [6.45, 7) is 6.15. The molecule has 0 amide bonds. The van der Waals surface area contributed by atoms with Crippen molar-refractivity contribution in [1.29, 1.82) is 0 Å². The first-order valence-electron chi connectivity index (χ1n) is 7.82. The lowest BCUT2D eigenvalue weighted by molar-refractivity contribution is -0.132. The number of nitrogens with zero attached hydrogens (tertiary/aromatic N) is 2. The number of guanidine groups is 1. The summed E-state index contributed by atoms with van der Waals surface area (Å²) in [6, 6.07) is 0. The Morgan fingerprint density at radius 3 is 2.33 bits per heavy atom. The van der Waals surface area contributed by atoms with E-state index in [0.29, 0.717) is 19.0 Å². The molecule has 1 saturated heterocycles. The zero-order chi connectivity index (χ0) is 15.6. The second-order valence-electron chi connectivity index (χ2n) is 5.31. The Morgan fingerprint density at radius 1 is 1.10 bits per heavy atom. The maximum Gasteiger partial charge on any atom is 0.390 e. The molecular weight excluding hydrogens is 281 g/mol. The van der Waals surface area contributed by atoms with E-state index in [-0.39, 0.29) is 6.54 Å². The molecule has 1 fully saturated rings. The van der Waals surface area contributed by atoms with Crippen molar-refractivity contribution < 1.29 is 13.2 Å². The number of rotatable bonds is 6. The third-order valence-electron chi connectivity index (χ3n) is 3.43. The summed E-state index contributed by atoms with van der Waals surface area (Å²) < 4.78 is 36.3. The maximum atomic E-state index is 12.1. The van der Waals surface area contributed by atoms with Gasteiger partial charge in [0.1, 0.15) is 0 Å². The van der Waals surface area contributed by atoms with Gasteiger partial charge in [-0.15, -0.1) is 0 Å². The predicted molar refractivity (Wildman–Crippen MR) is 79.6 cm³/mol. The highest BCUT2D eigenvalue weighted by Gasteiger charge is 2.26. The zero-order valence-electron chi connectivity index (χ0n) is 12.8. The molecule has 0 aromatic carbocycles. The van der Waals surface area contributed by atoms with Crippen molar-refractivity contribution in [3.05, 3.63) is 0 Å². The summed E-state index contributed by atoms with van der Waals surface area (Å²) in [5, 5.41) is 6.08. The van der Waals surface area contributed by atoms with E-state index in [4.69, 9.17) is 0 Å². The van der Waals surface area contributed by atoms with Crippen molar-refractivity contribution in [3.8, 4) is 0 Å². The van der Waals surface area contributed by atoms with Crippen LogP contribution < -0.4 is 10.6 Å². The van der Waals surface area contributed by atoms with Crippen LogP contribution in [0, 0.1) is 0 Å². The van der Waals surface area contributed by atoms with Gasteiger partial charge in [0.15, 0.2) is 5.96 Å².